The van der Waals surface area contributed by atoms with Crippen LogP contribution in [0.5, 0.6) is 0 Å². The predicted octanol–water partition coefficient (Wildman–Crippen LogP) is 0.460. The molecule has 1 aromatic heterocycles. The quantitative estimate of drug-likeness (QED) is 0.851. The van der Waals surface area contributed by atoms with Gasteiger partial charge in [-0.1, -0.05) is 0 Å². The molecule has 0 unspecified atom stereocenters. The Hall–Kier alpha value is -0.890. The first-order valence-corrected chi connectivity index (χ1v) is 6.08. The zero-order valence-electron chi connectivity index (χ0n) is 7.35. The van der Waals surface area contributed by atoms with E-state index in [1.165, 1.54) is 6.92 Å². The van der Waals surface area contributed by atoms with Crippen molar-refractivity contribution in [2.45, 2.75) is 6.92 Å². The van der Waals surface area contributed by atoms with Crippen LogP contribution in [0.4, 0.5) is 0 Å². The van der Waals surface area contributed by atoms with Crippen molar-refractivity contribution < 1.29 is 18.3 Å². The van der Waals surface area contributed by atoms with Gasteiger partial charge in [-0.25, -0.2) is 22.2 Å². The first-order chi connectivity index (χ1) is 6.25. The molecule has 0 saturated heterocycles. The lowest BCUT2D eigenvalue weighted by Crippen LogP contribution is -2.17. The molecule has 1 heterocycles. The van der Waals surface area contributed by atoms with Gasteiger partial charge in [-0.05, 0) is 22.9 Å². The summed E-state index contributed by atoms with van der Waals surface area (Å²) in [5.74, 6) is -1.33. The van der Waals surface area contributed by atoms with Crippen molar-refractivity contribution >= 4 is 31.9 Å². The van der Waals surface area contributed by atoms with Crippen LogP contribution in [0.15, 0.2) is 4.73 Å². The van der Waals surface area contributed by atoms with Crippen LogP contribution in [-0.4, -0.2) is 34.7 Å². The molecular weight excluding hydrogens is 276 g/mol. The molecule has 8 heteroatoms. The lowest BCUT2D eigenvalue weighted by atomic mass is 10.4. The number of hydrogen-bond acceptors (Lipinski definition) is 4. The maximum atomic E-state index is 11.2. The number of aromatic carboxylic acids is 1. The van der Waals surface area contributed by atoms with Gasteiger partial charge in [-0.3, -0.25) is 0 Å². The Balaban J connectivity index is 3.65. The van der Waals surface area contributed by atoms with Gasteiger partial charge in [0.25, 0.3) is 0 Å². The molecule has 0 spiro atoms. The molecule has 0 aromatic carbocycles. The van der Waals surface area contributed by atoms with Gasteiger partial charge in [-0.15, -0.1) is 0 Å². The predicted molar refractivity (Wildman–Crippen MR) is 51.9 cm³/mol. The van der Waals surface area contributed by atoms with Crippen LogP contribution in [0.1, 0.15) is 16.2 Å². The van der Waals surface area contributed by atoms with E-state index >= 15 is 0 Å². The smallest absolute Gasteiger partial charge is 0.355 e. The molecule has 0 saturated carbocycles. The molecular formula is C6H7BrN2O4S. The lowest BCUT2D eigenvalue weighted by molar-refractivity contribution is 0.0688. The van der Waals surface area contributed by atoms with E-state index in [0.717, 1.165) is 6.26 Å². The van der Waals surface area contributed by atoms with Gasteiger partial charge in [0.15, 0.2) is 10.4 Å². The molecule has 0 amide bonds. The van der Waals surface area contributed by atoms with Gasteiger partial charge in [0.1, 0.15) is 0 Å². The Kier molecular flexibility index (Phi) is 2.68. The van der Waals surface area contributed by atoms with Crippen molar-refractivity contribution in [2.75, 3.05) is 6.26 Å². The second kappa shape index (κ2) is 3.35. The zero-order valence-corrected chi connectivity index (χ0v) is 9.76. The summed E-state index contributed by atoms with van der Waals surface area (Å²) < 4.78 is 23.1. The van der Waals surface area contributed by atoms with Crippen LogP contribution >= 0.6 is 15.9 Å². The van der Waals surface area contributed by atoms with Gasteiger partial charge in [0, 0.05) is 0 Å². The molecule has 0 radical (unpaired) electrons. The lowest BCUT2D eigenvalue weighted by Gasteiger charge is -2.02. The largest absolute Gasteiger partial charge is 0.476 e. The number of imidazole rings is 1. The fraction of sp³-hybridized carbons (Fsp3) is 0.333. The third-order valence-corrected chi connectivity index (χ3v) is 3.29. The van der Waals surface area contributed by atoms with E-state index in [0.29, 0.717) is 3.97 Å². The maximum Gasteiger partial charge on any atom is 0.355 e. The molecule has 0 aliphatic heterocycles. The minimum Gasteiger partial charge on any atom is -0.476 e. The summed E-state index contributed by atoms with van der Waals surface area (Å²) in [6, 6.07) is 0. The molecule has 0 aliphatic rings. The summed E-state index contributed by atoms with van der Waals surface area (Å²) in [6.45, 7) is 1.43. The third-order valence-electron chi connectivity index (χ3n) is 1.51. The SMILES string of the molecule is Cc1nc(Br)n(S(C)(=O)=O)c1C(=O)O. The molecule has 0 aliphatic carbocycles. The number of carboxylic acid groups (broad SMARTS) is 1. The van der Waals surface area contributed by atoms with E-state index in [4.69, 9.17) is 5.11 Å². The second-order valence-electron chi connectivity index (χ2n) is 2.65. The van der Waals surface area contributed by atoms with Gasteiger partial charge >= 0.3 is 5.97 Å². The van der Waals surface area contributed by atoms with Gasteiger partial charge in [-0.2, -0.15) is 0 Å². The topological polar surface area (TPSA) is 89.3 Å². The molecule has 6 nitrogen and oxygen atoms in total. The number of halogens is 1. The fourth-order valence-corrected chi connectivity index (χ4v) is 3.11. The molecule has 0 fully saturated rings. The molecule has 14 heavy (non-hydrogen) atoms. The Morgan fingerprint density at radius 2 is 2.07 bits per heavy atom. The first kappa shape index (κ1) is 11.2. The Labute approximate surface area is 88.7 Å². The van der Waals surface area contributed by atoms with Crippen LogP contribution in [-0.2, 0) is 10.0 Å². The summed E-state index contributed by atoms with van der Waals surface area (Å²) in [6.07, 6.45) is 0.908. The Morgan fingerprint density at radius 3 is 2.36 bits per heavy atom. The van der Waals surface area contributed by atoms with Gasteiger partial charge in [0.05, 0.1) is 11.9 Å². The molecule has 78 valence electrons. The fourth-order valence-electron chi connectivity index (χ4n) is 1.02. The van der Waals surface area contributed by atoms with E-state index in [1.54, 1.807) is 0 Å². The second-order valence-corrected chi connectivity index (χ2v) is 5.19. The van der Waals surface area contributed by atoms with Crippen LogP contribution in [0.25, 0.3) is 0 Å². The van der Waals surface area contributed by atoms with Crippen molar-refractivity contribution in [1.29, 1.82) is 0 Å². The number of carbonyl (C=O) groups is 1. The van der Waals surface area contributed by atoms with E-state index < -0.39 is 16.0 Å². The maximum absolute atomic E-state index is 11.2. The number of rotatable bonds is 2. The molecule has 1 N–H and O–H groups in total. The molecule has 1 aromatic rings. The van der Waals surface area contributed by atoms with Crippen molar-refractivity contribution in [3.05, 3.63) is 16.1 Å². The van der Waals surface area contributed by atoms with E-state index in [1.807, 2.05) is 0 Å². The number of nitrogens with zero attached hydrogens (tertiary/aromatic N) is 2. The Bertz CT molecular complexity index is 490. The highest BCUT2D eigenvalue weighted by Gasteiger charge is 2.24. The molecule has 1 rings (SSSR count). The standard InChI is InChI=1S/C6H7BrN2O4S/c1-3-4(5(10)11)9(6(7)8-3)14(2,12)13/h1-2H3,(H,10,11). The van der Waals surface area contributed by atoms with Crippen LogP contribution in [0, 0.1) is 6.92 Å². The van der Waals surface area contributed by atoms with E-state index in [-0.39, 0.29) is 16.1 Å². The van der Waals surface area contributed by atoms with E-state index in [2.05, 4.69) is 20.9 Å². The monoisotopic (exact) mass is 282 g/mol. The van der Waals surface area contributed by atoms with Crippen LogP contribution < -0.4 is 0 Å². The first-order valence-electron chi connectivity index (χ1n) is 3.44. The summed E-state index contributed by atoms with van der Waals surface area (Å²) in [7, 11) is -3.66. The van der Waals surface area contributed by atoms with Crippen LogP contribution in [0.3, 0.4) is 0 Å². The van der Waals surface area contributed by atoms with Crippen molar-refractivity contribution in [2.24, 2.45) is 0 Å². The highest BCUT2D eigenvalue weighted by molar-refractivity contribution is 9.10. The minimum atomic E-state index is -3.66. The minimum absolute atomic E-state index is 0.0325. The number of aromatic nitrogens is 2. The average Bonchev–Trinajstić information content (AvgIpc) is 2.23. The summed E-state index contributed by atoms with van der Waals surface area (Å²) in [5.41, 5.74) is -0.200. The highest BCUT2D eigenvalue weighted by Crippen LogP contribution is 2.18. The molecule has 0 atom stereocenters. The zero-order chi connectivity index (χ0) is 11.1. The normalized spacial score (nSPS) is 11.6. The van der Waals surface area contributed by atoms with Crippen molar-refractivity contribution in [1.82, 2.24) is 8.96 Å². The summed E-state index contributed by atoms with van der Waals surface area (Å²) in [4.78, 5) is 14.5. The summed E-state index contributed by atoms with van der Waals surface area (Å²) in [5, 5.41) is 8.78. The Morgan fingerprint density at radius 1 is 1.57 bits per heavy atom. The van der Waals surface area contributed by atoms with Crippen LogP contribution in [0.2, 0.25) is 0 Å². The highest BCUT2D eigenvalue weighted by atomic mass is 79.9. The third kappa shape index (κ3) is 1.80. The van der Waals surface area contributed by atoms with Gasteiger partial charge < -0.3 is 5.11 Å². The number of carboxylic acids is 1. The van der Waals surface area contributed by atoms with E-state index in [9.17, 15) is 13.2 Å². The van der Waals surface area contributed by atoms with Gasteiger partial charge in [0.2, 0.25) is 10.0 Å². The number of aryl methyl sites for hydroxylation is 1. The number of hydrogen-bond donors (Lipinski definition) is 1. The molecule has 0 bridgehead atoms. The van der Waals surface area contributed by atoms with Crippen molar-refractivity contribution in [3.63, 3.8) is 0 Å². The summed E-state index contributed by atoms with van der Waals surface area (Å²) >= 11 is 2.88. The van der Waals surface area contributed by atoms with Crippen molar-refractivity contribution in [3.8, 4) is 0 Å². The average molecular weight is 283 g/mol.